The third kappa shape index (κ3) is 7.03. The molecule has 0 aliphatic rings. The number of aromatic nitrogens is 5. The Morgan fingerprint density at radius 2 is 1.91 bits per heavy atom. The second-order valence-corrected chi connectivity index (χ2v) is 11.2. The number of amides is 1. The van der Waals surface area contributed by atoms with Crippen molar-refractivity contribution in [2.75, 3.05) is 45.5 Å². The van der Waals surface area contributed by atoms with E-state index in [1.807, 2.05) is 51.2 Å². The van der Waals surface area contributed by atoms with Gasteiger partial charge in [-0.15, -0.1) is 0 Å². The van der Waals surface area contributed by atoms with E-state index in [9.17, 15) is 9.59 Å². The van der Waals surface area contributed by atoms with Crippen LogP contribution in [-0.4, -0.2) is 70.0 Å². The number of rotatable bonds is 11. The number of benzene rings is 2. The number of anilines is 3. The van der Waals surface area contributed by atoms with E-state index < -0.39 is 6.04 Å². The van der Waals surface area contributed by atoms with Crippen LogP contribution in [0.1, 0.15) is 18.5 Å². The lowest BCUT2D eigenvalue weighted by molar-refractivity contribution is -0.111. The highest BCUT2D eigenvalue weighted by Gasteiger charge is 2.22. The van der Waals surface area contributed by atoms with Gasteiger partial charge in [0.05, 0.1) is 25.3 Å². The maximum Gasteiger partial charge on any atom is 0.260 e. The molecule has 0 bridgehead atoms. The summed E-state index contributed by atoms with van der Waals surface area (Å²) in [4.78, 5) is 38.3. The number of likely N-dealkylation sites (N-methyl/N-ethyl adjacent to an activating group) is 1. The summed E-state index contributed by atoms with van der Waals surface area (Å²) in [5.41, 5.74) is 2.15. The average molecular weight is 643 g/mol. The molecule has 3 heterocycles. The molecule has 1 amide bonds. The number of pyridine rings is 1. The number of methoxy groups -OCH3 is 2. The van der Waals surface area contributed by atoms with Crippen LogP contribution in [0.2, 0.25) is 5.02 Å². The Morgan fingerprint density at radius 1 is 1.11 bits per heavy atom. The molecule has 1 unspecified atom stereocenters. The first-order chi connectivity index (χ1) is 22.1. The fraction of sp³-hybridized carbons (Fsp3) is 0.242. The van der Waals surface area contributed by atoms with E-state index in [0.717, 1.165) is 5.56 Å². The Hall–Kier alpha value is -5.20. The summed E-state index contributed by atoms with van der Waals surface area (Å²) < 4.78 is 14.2. The molecular weight excluding hydrogens is 608 g/mol. The summed E-state index contributed by atoms with van der Waals surface area (Å²) in [5.74, 6) is 1.41. The molecule has 0 spiro atoms. The van der Waals surface area contributed by atoms with E-state index in [1.165, 1.54) is 20.3 Å². The first kappa shape index (κ1) is 32.2. The summed E-state index contributed by atoms with van der Waals surface area (Å²) in [7, 11) is 8.69. The molecule has 5 rings (SSSR count). The molecule has 5 aromatic rings. The van der Waals surface area contributed by atoms with Gasteiger partial charge in [-0.1, -0.05) is 29.8 Å². The number of hydrogen-bond donors (Lipinski definition) is 2. The van der Waals surface area contributed by atoms with Crippen molar-refractivity contribution in [3.05, 3.63) is 94.0 Å². The van der Waals surface area contributed by atoms with Crippen molar-refractivity contribution in [3.63, 3.8) is 0 Å². The maximum absolute atomic E-state index is 14.5. The van der Waals surface area contributed by atoms with Gasteiger partial charge < -0.3 is 25.0 Å². The number of hydrogen-bond acceptors (Lipinski definition) is 9. The molecule has 3 aromatic heterocycles. The third-order valence-corrected chi connectivity index (χ3v) is 7.64. The Labute approximate surface area is 271 Å². The fourth-order valence-corrected chi connectivity index (χ4v) is 5.23. The molecule has 0 fully saturated rings. The van der Waals surface area contributed by atoms with E-state index in [4.69, 9.17) is 26.1 Å². The molecule has 0 aliphatic carbocycles. The summed E-state index contributed by atoms with van der Waals surface area (Å²) in [6.45, 7) is 2.53. The van der Waals surface area contributed by atoms with Crippen LogP contribution in [0.15, 0.2) is 77.9 Å². The maximum atomic E-state index is 14.5. The Morgan fingerprint density at radius 3 is 2.61 bits per heavy atom. The Kier molecular flexibility index (Phi) is 9.69. The van der Waals surface area contributed by atoms with Gasteiger partial charge in [0, 0.05) is 66.4 Å². The SMILES string of the molecule is COc1cc(OC)c(Cl)c(-c2cc3cnc(Nc4ccn(C)n4)nc3n(C(C)c3cccc(NC(=O)/C=C/CN(C)C)c3)c2=O)c1. The van der Waals surface area contributed by atoms with Crippen molar-refractivity contribution in [2.24, 2.45) is 7.05 Å². The van der Waals surface area contributed by atoms with Crippen LogP contribution in [0, 0.1) is 0 Å². The minimum absolute atomic E-state index is 0.254. The van der Waals surface area contributed by atoms with Crippen LogP contribution >= 0.6 is 11.6 Å². The van der Waals surface area contributed by atoms with Crippen LogP contribution in [0.5, 0.6) is 11.5 Å². The van der Waals surface area contributed by atoms with E-state index in [0.29, 0.717) is 51.7 Å². The quantitative estimate of drug-likeness (QED) is 0.185. The summed E-state index contributed by atoms with van der Waals surface area (Å²) in [6, 6.07) is 13.7. The zero-order valence-corrected chi connectivity index (χ0v) is 27.2. The average Bonchev–Trinajstić information content (AvgIpc) is 3.44. The summed E-state index contributed by atoms with van der Waals surface area (Å²) >= 11 is 6.76. The van der Waals surface area contributed by atoms with Crippen LogP contribution in [0.3, 0.4) is 0 Å². The number of carbonyl (C=O) groups excluding carboxylic acids is 1. The number of aryl methyl sites for hydroxylation is 1. The van der Waals surface area contributed by atoms with Gasteiger partial charge in [0.25, 0.3) is 5.56 Å². The number of carbonyl (C=O) groups is 1. The second-order valence-electron chi connectivity index (χ2n) is 10.9. The number of fused-ring (bicyclic) bond motifs is 1. The lowest BCUT2D eigenvalue weighted by Crippen LogP contribution is -2.27. The van der Waals surface area contributed by atoms with Crippen molar-refractivity contribution in [1.82, 2.24) is 29.2 Å². The van der Waals surface area contributed by atoms with Gasteiger partial charge in [0.2, 0.25) is 11.9 Å². The van der Waals surface area contributed by atoms with Crippen molar-refractivity contribution >= 4 is 46.0 Å². The first-order valence-corrected chi connectivity index (χ1v) is 14.8. The topological polar surface area (TPSA) is 128 Å². The smallest absolute Gasteiger partial charge is 0.260 e. The highest BCUT2D eigenvalue weighted by Crippen LogP contribution is 2.39. The third-order valence-electron chi connectivity index (χ3n) is 7.25. The zero-order chi connectivity index (χ0) is 33.0. The summed E-state index contributed by atoms with van der Waals surface area (Å²) in [6.07, 6.45) is 6.72. The number of nitrogens with one attached hydrogen (secondary N) is 2. The van der Waals surface area contributed by atoms with Crippen molar-refractivity contribution in [2.45, 2.75) is 13.0 Å². The molecule has 0 saturated heterocycles. The van der Waals surface area contributed by atoms with Crippen molar-refractivity contribution in [3.8, 4) is 22.6 Å². The molecule has 46 heavy (non-hydrogen) atoms. The zero-order valence-electron chi connectivity index (χ0n) is 26.4. The van der Waals surface area contributed by atoms with Crippen molar-refractivity contribution in [1.29, 1.82) is 0 Å². The molecule has 0 radical (unpaired) electrons. The van der Waals surface area contributed by atoms with Crippen molar-refractivity contribution < 1.29 is 14.3 Å². The van der Waals surface area contributed by atoms with Gasteiger partial charge in [-0.05, 0) is 50.8 Å². The molecule has 0 aliphatic heterocycles. The van der Waals surface area contributed by atoms with E-state index in [-0.39, 0.29) is 22.4 Å². The normalized spacial score (nSPS) is 12.1. The highest BCUT2D eigenvalue weighted by atomic mass is 35.5. The van der Waals surface area contributed by atoms with E-state index in [1.54, 1.807) is 58.1 Å². The minimum Gasteiger partial charge on any atom is -0.497 e. The van der Waals surface area contributed by atoms with Crippen LogP contribution in [0.25, 0.3) is 22.2 Å². The number of ether oxygens (including phenoxy) is 2. The van der Waals surface area contributed by atoms with Gasteiger partial charge in [0.1, 0.15) is 17.1 Å². The first-order valence-electron chi connectivity index (χ1n) is 14.4. The molecule has 238 valence electrons. The molecule has 13 heteroatoms. The fourth-order valence-electron chi connectivity index (χ4n) is 4.94. The van der Waals surface area contributed by atoms with Crippen LogP contribution in [-0.2, 0) is 11.8 Å². The standard InChI is InChI=1S/C33H35ClN8O4/c1-20(21-9-7-10-23(15-21)36-29(43)11-8-13-40(2)3)42-31-22(19-35-33(38-31)37-28-12-14-41(4)39-28)16-26(32(42)44)25-17-24(45-5)18-27(46-6)30(25)34/h7-12,14-20H,13H2,1-6H3,(H,36,43)(H,35,37,38,39)/b11-8+. The van der Waals surface area contributed by atoms with Gasteiger partial charge in [-0.3, -0.25) is 18.8 Å². The van der Waals surface area contributed by atoms with Gasteiger partial charge in [-0.2, -0.15) is 10.1 Å². The molecule has 1 atom stereocenters. The largest absolute Gasteiger partial charge is 0.497 e. The minimum atomic E-state index is -0.528. The van der Waals surface area contributed by atoms with E-state index >= 15 is 0 Å². The Balaban J connectivity index is 1.65. The predicted molar refractivity (Wildman–Crippen MR) is 180 cm³/mol. The molecule has 0 saturated carbocycles. The molecule has 2 aromatic carbocycles. The lowest BCUT2D eigenvalue weighted by atomic mass is 10.0. The van der Waals surface area contributed by atoms with Gasteiger partial charge >= 0.3 is 0 Å². The number of halogens is 1. The molecular formula is C33H35ClN8O4. The highest BCUT2D eigenvalue weighted by molar-refractivity contribution is 6.35. The van der Waals surface area contributed by atoms with Gasteiger partial charge in [0.15, 0.2) is 5.82 Å². The van der Waals surface area contributed by atoms with Crippen LogP contribution in [0.4, 0.5) is 17.5 Å². The van der Waals surface area contributed by atoms with Gasteiger partial charge in [-0.25, -0.2) is 4.98 Å². The Bertz CT molecular complexity index is 1980. The molecule has 12 nitrogen and oxygen atoms in total. The number of nitrogens with zero attached hydrogens (tertiary/aromatic N) is 6. The lowest BCUT2D eigenvalue weighted by Gasteiger charge is -2.21. The predicted octanol–water partition coefficient (Wildman–Crippen LogP) is 5.27. The monoisotopic (exact) mass is 642 g/mol. The second kappa shape index (κ2) is 13.8. The summed E-state index contributed by atoms with van der Waals surface area (Å²) in [5, 5.41) is 11.2. The molecule has 2 N–H and O–H groups in total. The van der Waals surface area contributed by atoms with Crippen LogP contribution < -0.4 is 25.7 Å². The van der Waals surface area contributed by atoms with E-state index in [2.05, 4.69) is 20.7 Å².